The Bertz CT molecular complexity index is 762. The van der Waals surface area contributed by atoms with Crippen molar-refractivity contribution in [2.75, 3.05) is 20.8 Å². The van der Waals surface area contributed by atoms with E-state index in [1.165, 1.54) is 26.4 Å². The van der Waals surface area contributed by atoms with Crippen molar-refractivity contribution in [2.45, 2.75) is 17.4 Å². The van der Waals surface area contributed by atoms with E-state index in [1.54, 1.807) is 18.2 Å². The van der Waals surface area contributed by atoms with Crippen LogP contribution in [0.4, 0.5) is 0 Å². The summed E-state index contributed by atoms with van der Waals surface area (Å²) < 4.78 is 37.6. The molecule has 6 nitrogen and oxygen atoms in total. The molecule has 1 unspecified atom stereocenters. The highest BCUT2D eigenvalue weighted by Crippen LogP contribution is 2.28. The van der Waals surface area contributed by atoms with E-state index in [2.05, 4.69) is 4.72 Å². The maximum atomic E-state index is 12.5. The van der Waals surface area contributed by atoms with Crippen LogP contribution >= 0.6 is 0 Å². The number of aliphatic hydroxyl groups excluding tert-OH is 1. The Morgan fingerprint density at radius 2 is 1.79 bits per heavy atom. The molecule has 2 aromatic rings. The number of nitrogens with one attached hydrogen (secondary N) is 1. The molecule has 0 aliphatic heterocycles. The molecule has 130 valence electrons. The van der Waals surface area contributed by atoms with E-state index in [4.69, 9.17) is 9.47 Å². The van der Waals surface area contributed by atoms with Crippen LogP contribution in [-0.4, -0.2) is 34.3 Å². The summed E-state index contributed by atoms with van der Waals surface area (Å²) in [7, 11) is -0.917. The van der Waals surface area contributed by atoms with Crippen molar-refractivity contribution in [1.29, 1.82) is 0 Å². The van der Waals surface area contributed by atoms with Gasteiger partial charge in [0, 0.05) is 12.6 Å². The first-order chi connectivity index (χ1) is 11.5. The highest BCUT2D eigenvalue weighted by Gasteiger charge is 2.20. The van der Waals surface area contributed by atoms with Crippen LogP contribution in [0.1, 0.15) is 18.1 Å². The maximum Gasteiger partial charge on any atom is 0.244 e. The first-order valence-electron chi connectivity index (χ1n) is 7.42. The van der Waals surface area contributed by atoms with E-state index in [9.17, 15) is 13.5 Å². The van der Waals surface area contributed by atoms with Gasteiger partial charge in [-0.2, -0.15) is 0 Å². The monoisotopic (exact) mass is 351 g/mol. The zero-order valence-electron chi connectivity index (χ0n) is 13.6. The van der Waals surface area contributed by atoms with Crippen LogP contribution in [-0.2, 0) is 10.0 Å². The van der Waals surface area contributed by atoms with Crippen molar-refractivity contribution < 1.29 is 23.0 Å². The summed E-state index contributed by atoms with van der Waals surface area (Å²) in [5.74, 6) is 0.646. The van der Waals surface area contributed by atoms with E-state index < -0.39 is 16.1 Å². The molecule has 2 N–H and O–H groups in total. The fourth-order valence-electron chi connectivity index (χ4n) is 2.24. The van der Waals surface area contributed by atoms with E-state index in [1.807, 2.05) is 18.2 Å². The largest absolute Gasteiger partial charge is 0.497 e. The van der Waals surface area contributed by atoms with Gasteiger partial charge in [0.1, 0.15) is 16.4 Å². The zero-order valence-corrected chi connectivity index (χ0v) is 14.4. The lowest BCUT2D eigenvalue weighted by molar-refractivity contribution is 0.169. The third kappa shape index (κ3) is 4.47. The quantitative estimate of drug-likeness (QED) is 0.761. The molecule has 0 saturated heterocycles. The lowest BCUT2D eigenvalue weighted by atomic mass is 10.1. The van der Waals surface area contributed by atoms with Crippen LogP contribution in [0.15, 0.2) is 53.4 Å². The second-order valence-corrected chi connectivity index (χ2v) is 6.87. The molecular formula is C17H21NO5S. The van der Waals surface area contributed by atoms with Crippen molar-refractivity contribution in [1.82, 2.24) is 4.72 Å². The second-order valence-electron chi connectivity index (χ2n) is 5.13. The third-order valence-electron chi connectivity index (χ3n) is 3.55. The molecule has 7 heteroatoms. The number of methoxy groups -OCH3 is 2. The summed E-state index contributed by atoms with van der Waals surface area (Å²) in [5.41, 5.74) is 0.746. The van der Waals surface area contributed by atoms with Gasteiger partial charge in [0.25, 0.3) is 0 Å². The Kier molecular flexibility index (Phi) is 6.19. The minimum atomic E-state index is -3.78. The number of aliphatic hydroxyl groups is 1. The lowest BCUT2D eigenvalue weighted by Gasteiger charge is -2.14. The second kappa shape index (κ2) is 8.14. The third-order valence-corrected chi connectivity index (χ3v) is 5.04. The topological polar surface area (TPSA) is 84.9 Å². The Morgan fingerprint density at radius 3 is 2.42 bits per heavy atom. The molecule has 0 radical (unpaired) electrons. The molecule has 1 atom stereocenters. The molecule has 0 bridgehead atoms. The van der Waals surface area contributed by atoms with Crippen LogP contribution < -0.4 is 14.2 Å². The van der Waals surface area contributed by atoms with Crippen molar-refractivity contribution in [3.05, 3.63) is 54.1 Å². The number of hydrogen-bond acceptors (Lipinski definition) is 5. The fraction of sp³-hybridized carbons (Fsp3) is 0.294. The van der Waals surface area contributed by atoms with Crippen molar-refractivity contribution in [3.8, 4) is 11.5 Å². The molecule has 2 aromatic carbocycles. The average molecular weight is 351 g/mol. The Morgan fingerprint density at radius 1 is 1.08 bits per heavy atom. The minimum Gasteiger partial charge on any atom is -0.497 e. The summed E-state index contributed by atoms with van der Waals surface area (Å²) >= 11 is 0. The summed E-state index contributed by atoms with van der Waals surface area (Å²) in [6.45, 7) is 0.0960. The highest BCUT2D eigenvalue weighted by atomic mass is 32.2. The molecule has 0 aliphatic rings. The molecule has 0 saturated carbocycles. The van der Waals surface area contributed by atoms with Gasteiger partial charge in [0.05, 0.1) is 20.3 Å². The van der Waals surface area contributed by atoms with E-state index in [0.29, 0.717) is 5.75 Å². The van der Waals surface area contributed by atoms with Crippen molar-refractivity contribution >= 4 is 10.0 Å². The standard InChI is InChI=1S/C17H21NO5S/c1-22-14-8-9-16(23-2)17(12-14)24(20,21)18-11-10-15(19)13-6-4-3-5-7-13/h3-9,12,15,18-19H,10-11H2,1-2H3. The number of ether oxygens (including phenoxy) is 2. The number of sulfonamides is 1. The molecule has 0 fully saturated rings. The maximum absolute atomic E-state index is 12.5. The average Bonchev–Trinajstić information content (AvgIpc) is 2.61. The van der Waals surface area contributed by atoms with Gasteiger partial charge >= 0.3 is 0 Å². The van der Waals surface area contributed by atoms with Gasteiger partial charge in [-0.3, -0.25) is 0 Å². The lowest BCUT2D eigenvalue weighted by Crippen LogP contribution is -2.26. The molecule has 0 amide bonds. The summed E-state index contributed by atoms with van der Waals surface area (Å²) in [5, 5.41) is 10.1. The molecule has 24 heavy (non-hydrogen) atoms. The minimum absolute atomic E-state index is 0.00134. The van der Waals surface area contributed by atoms with Crippen LogP contribution in [0.5, 0.6) is 11.5 Å². The van der Waals surface area contributed by atoms with Crippen LogP contribution in [0.2, 0.25) is 0 Å². The van der Waals surface area contributed by atoms with Gasteiger partial charge in [0.15, 0.2) is 0 Å². The predicted molar refractivity (Wildman–Crippen MR) is 90.8 cm³/mol. The molecule has 0 aliphatic carbocycles. The molecule has 0 aromatic heterocycles. The van der Waals surface area contributed by atoms with E-state index >= 15 is 0 Å². The molecule has 2 rings (SSSR count). The van der Waals surface area contributed by atoms with Gasteiger partial charge < -0.3 is 14.6 Å². The predicted octanol–water partition coefficient (Wildman–Crippen LogP) is 2.11. The number of rotatable bonds is 8. The highest BCUT2D eigenvalue weighted by molar-refractivity contribution is 7.89. The van der Waals surface area contributed by atoms with Gasteiger partial charge in [-0.15, -0.1) is 0 Å². The van der Waals surface area contributed by atoms with Gasteiger partial charge in [0.2, 0.25) is 10.0 Å². The van der Waals surface area contributed by atoms with Gasteiger partial charge in [-0.1, -0.05) is 30.3 Å². The first kappa shape index (κ1) is 18.3. The zero-order chi connectivity index (χ0) is 17.6. The van der Waals surface area contributed by atoms with Crippen LogP contribution in [0.25, 0.3) is 0 Å². The summed E-state index contributed by atoms with van der Waals surface area (Å²) in [6, 6.07) is 13.6. The SMILES string of the molecule is COc1ccc(OC)c(S(=O)(=O)NCCC(O)c2ccccc2)c1. The van der Waals surface area contributed by atoms with Crippen molar-refractivity contribution in [3.63, 3.8) is 0 Å². The molecule has 0 heterocycles. The van der Waals surface area contributed by atoms with E-state index in [0.717, 1.165) is 5.56 Å². The molecular weight excluding hydrogens is 330 g/mol. The molecule has 0 spiro atoms. The smallest absolute Gasteiger partial charge is 0.244 e. The van der Waals surface area contributed by atoms with Gasteiger partial charge in [-0.05, 0) is 24.1 Å². The van der Waals surface area contributed by atoms with Gasteiger partial charge in [-0.25, -0.2) is 13.1 Å². The van der Waals surface area contributed by atoms with Crippen molar-refractivity contribution in [2.24, 2.45) is 0 Å². The van der Waals surface area contributed by atoms with Crippen LogP contribution in [0, 0.1) is 0 Å². The normalized spacial score (nSPS) is 12.6. The first-order valence-corrected chi connectivity index (χ1v) is 8.91. The van der Waals surface area contributed by atoms with E-state index in [-0.39, 0.29) is 23.6 Å². The van der Waals surface area contributed by atoms with Crippen LogP contribution in [0.3, 0.4) is 0 Å². The number of hydrogen-bond donors (Lipinski definition) is 2. The summed E-state index contributed by atoms with van der Waals surface area (Å²) in [6.07, 6.45) is -0.476. The Labute approximate surface area is 142 Å². The Balaban J connectivity index is 2.06. The number of benzene rings is 2. The Hall–Kier alpha value is -2.09. The fourth-order valence-corrected chi connectivity index (χ4v) is 3.47. The summed E-state index contributed by atoms with van der Waals surface area (Å²) in [4.78, 5) is -0.00134.